The number of aromatic nitrogens is 1. The molecule has 0 saturated heterocycles. The fourth-order valence-corrected chi connectivity index (χ4v) is 2.17. The molecule has 0 aliphatic carbocycles. The Morgan fingerprint density at radius 2 is 2.31 bits per heavy atom. The number of aliphatic hydroxyl groups is 1. The number of rotatable bonds is 3. The largest absolute Gasteiger partial charge is 0.392 e. The van der Waals surface area contributed by atoms with Crippen LogP contribution in [0.15, 0.2) is 24.3 Å². The molecule has 5 heteroatoms. The van der Waals surface area contributed by atoms with Gasteiger partial charge in [-0.2, -0.15) is 0 Å². The molecule has 0 fully saturated rings. The molecule has 2 N–H and O–H groups in total. The third kappa shape index (κ3) is 2.37. The van der Waals surface area contributed by atoms with Crippen molar-refractivity contribution in [3.8, 4) is 0 Å². The minimum absolute atomic E-state index is 0.234. The highest BCUT2D eigenvalue weighted by atomic mass is 32.1. The lowest BCUT2D eigenvalue weighted by Crippen LogP contribution is -2.30. The predicted octanol–water partition coefficient (Wildman–Crippen LogP) is 1.41. The first kappa shape index (κ1) is 11.0. The fourth-order valence-electron chi connectivity index (χ4n) is 1.29. The lowest BCUT2D eigenvalue weighted by molar-refractivity contribution is 0.0924. The topological polar surface area (TPSA) is 62.2 Å². The van der Waals surface area contributed by atoms with E-state index in [0.29, 0.717) is 5.01 Å². The molecule has 4 nitrogen and oxygen atoms in total. The number of para-hydroxylation sites is 1. The van der Waals surface area contributed by atoms with E-state index in [1.165, 1.54) is 11.3 Å². The molecule has 1 amide bonds. The first-order valence-corrected chi connectivity index (χ1v) is 5.80. The summed E-state index contributed by atoms with van der Waals surface area (Å²) in [5.74, 6) is -0.234. The molecular formula is C11H12N2O2S. The maximum atomic E-state index is 11.6. The van der Waals surface area contributed by atoms with Crippen LogP contribution in [0.2, 0.25) is 0 Å². The lowest BCUT2D eigenvalue weighted by atomic mass is 10.3. The van der Waals surface area contributed by atoms with Crippen molar-refractivity contribution in [1.29, 1.82) is 0 Å². The molecule has 1 unspecified atom stereocenters. The number of carbonyl (C=O) groups is 1. The van der Waals surface area contributed by atoms with Crippen LogP contribution < -0.4 is 5.32 Å². The molecule has 0 saturated carbocycles. The van der Waals surface area contributed by atoms with Crippen molar-refractivity contribution in [2.45, 2.75) is 13.0 Å². The molecule has 0 aliphatic heterocycles. The second-order valence-electron chi connectivity index (χ2n) is 3.55. The Morgan fingerprint density at radius 1 is 1.56 bits per heavy atom. The average molecular weight is 236 g/mol. The van der Waals surface area contributed by atoms with Gasteiger partial charge in [0.05, 0.1) is 16.3 Å². The predicted molar refractivity (Wildman–Crippen MR) is 63.6 cm³/mol. The molecule has 1 aromatic carbocycles. The second kappa shape index (κ2) is 4.59. The van der Waals surface area contributed by atoms with Gasteiger partial charge in [-0.05, 0) is 19.1 Å². The maximum Gasteiger partial charge on any atom is 0.280 e. The summed E-state index contributed by atoms with van der Waals surface area (Å²) in [6, 6.07) is 7.60. The summed E-state index contributed by atoms with van der Waals surface area (Å²) >= 11 is 1.35. The van der Waals surface area contributed by atoms with Crippen molar-refractivity contribution in [3.05, 3.63) is 29.3 Å². The monoisotopic (exact) mass is 236 g/mol. The maximum absolute atomic E-state index is 11.6. The van der Waals surface area contributed by atoms with E-state index in [9.17, 15) is 4.79 Å². The Kier molecular flexibility index (Phi) is 3.17. The van der Waals surface area contributed by atoms with Crippen LogP contribution in [-0.4, -0.2) is 28.6 Å². The van der Waals surface area contributed by atoms with Gasteiger partial charge in [0, 0.05) is 6.54 Å². The van der Waals surface area contributed by atoms with Crippen LogP contribution in [0.4, 0.5) is 0 Å². The molecule has 1 atom stereocenters. The Hall–Kier alpha value is -1.46. The molecule has 0 bridgehead atoms. The van der Waals surface area contributed by atoms with Crippen LogP contribution in [0.1, 0.15) is 16.7 Å². The summed E-state index contributed by atoms with van der Waals surface area (Å²) in [6.07, 6.45) is -0.543. The zero-order chi connectivity index (χ0) is 11.5. The highest BCUT2D eigenvalue weighted by Crippen LogP contribution is 2.21. The number of hydrogen-bond donors (Lipinski definition) is 2. The average Bonchev–Trinajstić information content (AvgIpc) is 2.69. The van der Waals surface area contributed by atoms with Crippen molar-refractivity contribution in [2.75, 3.05) is 6.54 Å². The molecule has 16 heavy (non-hydrogen) atoms. The third-order valence-electron chi connectivity index (χ3n) is 2.05. The van der Waals surface area contributed by atoms with Crippen molar-refractivity contribution >= 4 is 27.5 Å². The molecule has 0 aliphatic rings. The molecule has 0 radical (unpaired) electrons. The summed E-state index contributed by atoms with van der Waals surface area (Å²) in [6.45, 7) is 1.87. The molecule has 0 spiro atoms. The lowest BCUT2D eigenvalue weighted by Gasteiger charge is -2.04. The van der Waals surface area contributed by atoms with Gasteiger partial charge in [0.1, 0.15) is 0 Å². The Balaban J connectivity index is 2.17. The van der Waals surface area contributed by atoms with E-state index in [4.69, 9.17) is 5.11 Å². The Morgan fingerprint density at radius 3 is 3.00 bits per heavy atom. The molecule has 2 aromatic rings. The number of benzene rings is 1. The van der Waals surface area contributed by atoms with Gasteiger partial charge in [0.15, 0.2) is 5.01 Å². The van der Waals surface area contributed by atoms with Crippen molar-refractivity contribution in [2.24, 2.45) is 0 Å². The minimum Gasteiger partial charge on any atom is -0.392 e. The molecule has 1 heterocycles. The van der Waals surface area contributed by atoms with Crippen LogP contribution in [0.5, 0.6) is 0 Å². The first-order valence-electron chi connectivity index (χ1n) is 4.98. The van der Waals surface area contributed by atoms with E-state index < -0.39 is 6.10 Å². The zero-order valence-corrected chi connectivity index (χ0v) is 9.62. The number of carbonyl (C=O) groups excluding carboxylic acids is 1. The highest BCUT2D eigenvalue weighted by Gasteiger charge is 2.11. The van der Waals surface area contributed by atoms with Crippen molar-refractivity contribution in [1.82, 2.24) is 10.3 Å². The summed E-state index contributed by atoms with van der Waals surface area (Å²) in [7, 11) is 0. The standard InChI is InChI=1S/C11H12N2O2S/c1-7(14)6-12-10(15)11-13-8-4-2-3-5-9(8)16-11/h2-5,7,14H,6H2,1H3,(H,12,15). The molecule has 84 valence electrons. The highest BCUT2D eigenvalue weighted by molar-refractivity contribution is 7.20. The number of hydrogen-bond acceptors (Lipinski definition) is 4. The summed E-state index contributed by atoms with van der Waals surface area (Å²) in [4.78, 5) is 15.9. The van der Waals surface area contributed by atoms with Gasteiger partial charge >= 0.3 is 0 Å². The van der Waals surface area contributed by atoms with Gasteiger partial charge in [-0.15, -0.1) is 11.3 Å². The van der Waals surface area contributed by atoms with Crippen LogP contribution in [0.3, 0.4) is 0 Å². The quantitative estimate of drug-likeness (QED) is 0.847. The van der Waals surface area contributed by atoms with E-state index >= 15 is 0 Å². The smallest absolute Gasteiger partial charge is 0.280 e. The number of amides is 1. The van der Waals surface area contributed by atoms with Crippen LogP contribution in [0.25, 0.3) is 10.2 Å². The van der Waals surface area contributed by atoms with Crippen LogP contribution in [-0.2, 0) is 0 Å². The van der Waals surface area contributed by atoms with Crippen molar-refractivity contribution in [3.63, 3.8) is 0 Å². The van der Waals surface area contributed by atoms with E-state index in [2.05, 4.69) is 10.3 Å². The fraction of sp³-hybridized carbons (Fsp3) is 0.273. The van der Waals surface area contributed by atoms with E-state index in [0.717, 1.165) is 10.2 Å². The minimum atomic E-state index is -0.543. The van der Waals surface area contributed by atoms with Crippen LogP contribution >= 0.6 is 11.3 Å². The zero-order valence-electron chi connectivity index (χ0n) is 8.80. The van der Waals surface area contributed by atoms with Gasteiger partial charge in [0.2, 0.25) is 0 Å². The van der Waals surface area contributed by atoms with Crippen LogP contribution in [0, 0.1) is 0 Å². The van der Waals surface area contributed by atoms with Gasteiger partial charge in [0.25, 0.3) is 5.91 Å². The van der Waals surface area contributed by atoms with Gasteiger partial charge in [-0.1, -0.05) is 12.1 Å². The molecule has 2 rings (SSSR count). The number of aliphatic hydroxyl groups excluding tert-OH is 1. The van der Waals surface area contributed by atoms with E-state index in [1.54, 1.807) is 6.92 Å². The Labute approximate surface area is 96.9 Å². The summed E-state index contributed by atoms with van der Waals surface area (Å²) in [5, 5.41) is 12.1. The van der Waals surface area contributed by atoms with E-state index in [1.807, 2.05) is 24.3 Å². The number of nitrogens with one attached hydrogen (secondary N) is 1. The van der Waals surface area contributed by atoms with Gasteiger partial charge in [-0.25, -0.2) is 4.98 Å². The molecular weight excluding hydrogens is 224 g/mol. The van der Waals surface area contributed by atoms with E-state index in [-0.39, 0.29) is 12.5 Å². The van der Waals surface area contributed by atoms with Crippen molar-refractivity contribution < 1.29 is 9.90 Å². The van der Waals surface area contributed by atoms with Gasteiger partial charge < -0.3 is 10.4 Å². The summed E-state index contributed by atoms with van der Waals surface area (Å²) in [5.41, 5.74) is 0.828. The molecule has 1 aromatic heterocycles. The number of fused-ring (bicyclic) bond motifs is 1. The Bertz CT molecular complexity index is 474. The number of thiazole rings is 1. The first-order chi connectivity index (χ1) is 7.66. The van der Waals surface area contributed by atoms with Gasteiger partial charge in [-0.3, -0.25) is 4.79 Å². The number of nitrogens with zero attached hydrogens (tertiary/aromatic N) is 1. The summed E-state index contributed by atoms with van der Waals surface area (Å²) < 4.78 is 0.990. The normalized spacial score (nSPS) is 12.6. The SMILES string of the molecule is CC(O)CNC(=O)c1nc2ccccc2s1. The third-order valence-corrected chi connectivity index (χ3v) is 3.08. The second-order valence-corrected chi connectivity index (χ2v) is 4.58.